The predicted molar refractivity (Wildman–Crippen MR) is 175 cm³/mol. The molecule has 13 nitrogen and oxygen atoms in total. The van der Waals surface area contributed by atoms with Gasteiger partial charge in [0.1, 0.15) is 23.3 Å². The van der Waals surface area contributed by atoms with Crippen molar-refractivity contribution < 1.29 is 27.0 Å². The SMILES string of the molecule is CCCCN(CCCC)S(=O)(=O)c1ccc(O)c(N=N/C(C#N)=N/Nc2cc(S(=O)(=O)N(CCCC)CCCC)ccc2O)c1. The van der Waals surface area contributed by atoms with Crippen LogP contribution in [0, 0.1) is 11.3 Å². The minimum absolute atomic E-state index is 0.0554. The standard InChI is InChI=1S/C30H45N7O6S2/c1-5-9-17-36(18-10-6-2)44(40,41)24-13-15-28(38)26(21-24)32-34-30(23-31)35-33-27-22-25(14-16-29(27)39)45(42,43)37(19-11-7-3)20-12-8-4/h13-16,21-22,32,38-39H,5-12,17-20H2,1-4H3/b34-30+,35-33?. The fourth-order valence-electron chi connectivity index (χ4n) is 4.13. The van der Waals surface area contributed by atoms with Gasteiger partial charge in [0.25, 0.3) is 5.84 Å². The fraction of sp³-hybridized carbons (Fsp3) is 0.533. The van der Waals surface area contributed by atoms with Crippen molar-refractivity contribution in [1.82, 2.24) is 8.61 Å². The zero-order chi connectivity index (χ0) is 33.5. The second-order valence-corrected chi connectivity index (χ2v) is 14.3. The fourth-order valence-corrected chi connectivity index (χ4v) is 7.21. The molecule has 0 spiro atoms. The Kier molecular flexibility index (Phi) is 15.4. The maximum atomic E-state index is 13.4. The van der Waals surface area contributed by atoms with E-state index in [1.807, 2.05) is 27.7 Å². The van der Waals surface area contributed by atoms with E-state index in [0.29, 0.717) is 51.9 Å². The van der Waals surface area contributed by atoms with E-state index < -0.39 is 25.9 Å². The second kappa shape index (κ2) is 18.4. The van der Waals surface area contributed by atoms with Crippen LogP contribution in [0.2, 0.25) is 0 Å². The highest BCUT2D eigenvalue weighted by Crippen LogP contribution is 2.32. The molecular weight excluding hydrogens is 619 g/mol. The summed E-state index contributed by atoms with van der Waals surface area (Å²) in [6.07, 6.45) is 6.11. The molecule has 0 atom stereocenters. The Bertz CT molecular complexity index is 1560. The van der Waals surface area contributed by atoms with Crippen LogP contribution >= 0.6 is 0 Å². The van der Waals surface area contributed by atoms with Crippen molar-refractivity contribution in [2.75, 3.05) is 31.6 Å². The summed E-state index contributed by atoms with van der Waals surface area (Å²) in [7, 11) is -7.75. The number of nitrogens with zero attached hydrogens (tertiary/aromatic N) is 6. The van der Waals surface area contributed by atoms with Gasteiger partial charge < -0.3 is 10.2 Å². The van der Waals surface area contributed by atoms with E-state index in [2.05, 4.69) is 20.8 Å². The Hall–Kier alpha value is -3.58. The summed E-state index contributed by atoms with van der Waals surface area (Å²) in [5, 5.41) is 41.6. The molecule has 0 heterocycles. The first-order chi connectivity index (χ1) is 21.5. The highest BCUT2D eigenvalue weighted by atomic mass is 32.2. The van der Waals surface area contributed by atoms with Gasteiger partial charge in [-0.15, -0.1) is 15.3 Å². The zero-order valence-electron chi connectivity index (χ0n) is 26.5. The number of nitriles is 1. The number of anilines is 1. The summed E-state index contributed by atoms with van der Waals surface area (Å²) in [5.41, 5.74) is 2.18. The van der Waals surface area contributed by atoms with Gasteiger partial charge in [-0.3, -0.25) is 5.43 Å². The summed E-state index contributed by atoms with van der Waals surface area (Å²) >= 11 is 0. The number of hydrazone groups is 1. The van der Waals surface area contributed by atoms with Crippen LogP contribution in [-0.2, 0) is 20.0 Å². The van der Waals surface area contributed by atoms with Crippen molar-refractivity contribution in [1.29, 1.82) is 5.26 Å². The maximum absolute atomic E-state index is 13.4. The Morgan fingerprint density at radius 3 is 1.64 bits per heavy atom. The predicted octanol–water partition coefficient (Wildman–Crippen LogP) is 6.31. The van der Waals surface area contributed by atoms with Crippen molar-refractivity contribution >= 4 is 37.3 Å². The van der Waals surface area contributed by atoms with Crippen molar-refractivity contribution in [2.45, 2.75) is 88.9 Å². The lowest BCUT2D eigenvalue weighted by Crippen LogP contribution is -2.33. The summed E-state index contributed by atoms with van der Waals surface area (Å²) < 4.78 is 56.3. The minimum Gasteiger partial charge on any atom is -0.506 e. The van der Waals surface area contributed by atoms with Crippen LogP contribution in [0.5, 0.6) is 11.5 Å². The van der Waals surface area contributed by atoms with E-state index in [1.54, 1.807) is 6.07 Å². The maximum Gasteiger partial charge on any atom is 0.270 e. The largest absolute Gasteiger partial charge is 0.506 e. The molecule has 0 aliphatic carbocycles. The zero-order valence-corrected chi connectivity index (χ0v) is 28.1. The number of azo groups is 1. The van der Waals surface area contributed by atoms with Crippen molar-refractivity contribution in [3.05, 3.63) is 36.4 Å². The molecule has 15 heteroatoms. The van der Waals surface area contributed by atoms with Crippen LogP contribution in [0.1, 0.15) is 79.1 Å². The summed E-state index contributed by atoms with van der Waals surface area (Å²) in [5.74, 6) is -1.20. The molecule has 0 aliphatic rings. The molecule has 45 heavy (non-hydrogen) atoms. The average Bonchev–Trinajstić information content (AvgIpc) is 3.02. The number of hydrogen-bond donors (Lipinski definition) is 3. The number of phenols is 2. The third kappa shape index (κ3) is 10.8. The molecule has 0 saturated carbocycles. The summed E-state index contributed by atoms with van der Waals surface area (Å²) in [4.78, 5) is -0.134. The van der Waals surface area contributed by atoms with E-state index in [0.717, 1.165) is 25.7 Å². The van der Waals surface area contributed by atoms with Gasteiger partial charge in [-0.1, -0.05) is 53.4 Å². The number of amidine groups is 1. The van der Waals surface area contributed by atoms with Gasteiger partial charge in [0, 0.05) is 26.2 Å². The molecule has 0 fully saturated rings. The van der Waals surface area contributed by atoms with Gasteiger partial charge in [-0.25, -0.2) is 16.8 Å². The first kappa shape index (κ1) is 37.6. The molecule has 0 bridgehead atoms. The number of hydrogen-bond acceptors (Lipinski definition) is 10. The van der Waals surface area contributed by atoms with Gasteiger partial charge in [-0.2, -0.15) is 13.9 Å². The topological polar surface area (TPSA) is 188 Å². The van der Waals surface area contributed by atoms with Crippen LogP contribution in [0.15, 0.2) is 61.5 Å². The van der Waals surface area contributed by atoms with E-state index in [1.165, 1.54) is 45.0 Å². The normalized spacial score (nSPS) is 12.7. The molecule has 0 aliphatic heterocycles. The number of benzene rings is 2. The Morgan fingerprint density at radius 2 is 1.20 bits per heavy atom. The van der Waals surface area contributed by atoms with Crippen molar-refractivity contribution in [3.8, 4) is 17.6 Å². The molecule has 0 radical (unpaired) electrons. The van der Waals surface area contributed by atoms with E-state index in [-0.39, 0.29) is 32.7 Å². The summed E-state index contributed by atoms with van der Waals surface area (Å²) in [6, 6.07) is 9.08. The van der Waals surface area contributed by atoms with Gasteiger partial charge in [0.05, 0.1) is 15.5 Å². The van der Waals surface area contributed by atoms with Gasteiger partial charge in [0.2, 0.25) is 20.0 Å². The number of rotatable bonds is 19. The second-order valence-electron chi connectivity index (χ2n) is 10.4. The third-order valence-electron chi connectivity index (χ3n) is 6.87. The number of sulfonamides is 2. The van der Waals surface area contributed by atoms with E-state index >= 15 is 0 Å². The molecule has 2 aromatic rings. The number of aromatic hydroxyl groups is 2. The lowest BCUT2D eigenvalue weighted by atomic mass is 10.3. The minimum atomic E-state index is -3.88. The van der Waals surface area contributed by atoms with Crippen LogP contribution in [0.25, 0.3) is 0 Å². The van der Waals surface area contributed by atoms with Gasteiger partial charge >= 0.3 is 0 Å². The van der Waals surface area contributed by atoms with Crippen molar-refractivity contribution in [3.63, 3.8) is 0 Å². The van der Waals surface area contributed by atoms with Crippen LogP contribution in [0.4, 0.5) is 11.4 Å². The smallest absolute Gasteiger partial charge is 0.270 e. The van der Waals surface area contributed by atoms with Crippen LogP contribution in [-0.4, -0.2) is 67.7 Å². The number of unbranched alkanes of at least 4 members (excludes halogenated alkanes) is 4. The molecule has 0 amide bonds. The van der Waals surface area contributed by atoms with E-state index in [4.69, 9.17) is 0 Å². The number of phenolic OH excluding ortho intramolecular Hbond substituents is 2. The Balaban J connectivity index is 2.35. The quantitative estimate of drug-likeness (QED) is 0.0512. The Labute approximate surface area is 267 Å². The molecule has 248 valence electrons. The van der Waals surface area contributed by atoms with Crippen LogP contribution < -0.4 is 5.43 Å². The molecule has 0 aromatic heterocycles. The van der Waals surface area contributed by atoms with E-state index in [9.17, 15) is 32.3 Å². The third-order valence-corrected chi connectivity index (χ3v) is 10.7. The highest BCUT2D eigenvalue weighted by Gasteiger charge is 2.26. The van der Waals surface area contributed by atoms with Gasteiger partial charge in [-0.05, 0) is 62.1 Å². The van der Waals surface area contributed by atoms with Gasteiger partial charge in [0.15, 0.2) is 0 Å². The molecule has 2 aromatic carbocycles. The summed E-state index contributed by atoms with van der Waals surface area (Å²) in [6.45, 7) is 9.36. The molecule has 2 rings (SSSR count). The lowest BCUT2D eigenvalue weighted by molar-refractivity contribution is 0.394. The monoisotopic (exact) mass is 663 g/mol. The molecule has 0 saturated heterocycles. The lowest BCUT2D eigenvalue weighted by Gasteiger charge is -2.22. The molecule has 0 unspecified atom stereocenters. The Morgan fingerprint density at radius 1 is 0.756 bits per heavy atom. The average molecular weight is 664 g/mol. The van der Waals surface area contributed by atoms with Crippen LogP contribution in [0.3, 0.4) is 0 Å². The van der Waals surface area contributed by atoms with Crippen molar-refractivity contribution in [2.24, 2.45) is 15.3 Å². The number of nitrogens with one attached hydrogen (secondary N) is 1. The first-order valence-corrected chi connectivity index (χ1v) is 18.2. The molecular formula is C30H45N7O6S2. The first-order valence-electron chi connectivity index (χ1n) is 15.3. The highest BCUT2D eigenvalue weighted by molar-refractivity contribution is 7.89. The molecule has 3 N–H and O–H groups in total.